The van der Waals surface area contributed by atoms with E-state index in [0.717, 1.165) is 6.54 Å². The van der Waals surface area contributed by atoms with Crippen molar-refractivity contribution in [3.63, 3.8) is 0 Å². The minimum atomic E-state index is -0.235. The van der Waals surface area contributed by atoms with E-state index < -0.39 is 0 Å². The quantitative estimate of drug-likeness (QED) is 0.861. The highest BCUT2D eigenvalue weighted by Gasteiger charge is 2.15. The Morgan fingerprint density at radius 1 is 1.15 bits per heavy atom. The summed E-state index contributed by atoms with van der Waals surface area (Å²) >= 11 is 6.04. The Bertz CT molecular complexity index is 562. The number of ether oxygens (including phenoxy) is 1. The van der Waals surface area contributed by atoms with Crippen LogP contribution in [0.2, 0.25) is 5.02 Å². The first-order valence-corrected chi connectivity index (χ1v) is 6.95. The minimum Gasteiger partial charge on any atom is -0.490 e. The van der Waals surface area contributed by atoms with Crippen LogP contribution in [-0.4, -0.2) is 13.2 Å². The molecule has 1 atom stereocenters. The molecule has 2 aromatic carbocycles. The van der Waals surface area contributed by atoms with Crippen molar-refractivity contribution >= 4 is 11.6 Å². The van der Waals surface area contributed by atoms with E-state index in [0.29, 0.717) is 22.9 Å². The predicted molar refractivity (Wildman–Crippen MR) is 79.8 cm³/mol. The maximum absolute atomic E-state index is 13.8. The molecule has 0 aliphatic heterocycles. The number of rotatable bonds is 6. The second kappa shape index (κ2) is 7.27. The normalized spacial score (nSPS) is 12.2. The summed E-state index contributed by atoms with van der Waals surface area (Å²) in [5.74, 6) is 0.370. The van der Waals surface area contributed by atoms with E-state index in [4.69, 9.17) is 16.3 Å². The van der Waals surface area contributed by atoms with Gasteiger partial charge in [0.15, 0.2) is 0 Å². The summed E-state index contributed by atoms with van der Waals surface area (Å²) < 4.78 is 19.5. The molecule has 0 aliphatic carbocycles. The molecule has 0 aromatic heterocycles. The SMILES string of the molecule is CCNC(COc1ccccc1Cl)c1ccccc1F. The number of hydrogen-bond donors (Lipinski definition) is 1. The zero-order valence-electron chi connectivity index (χ0n) is 11.3. The molecule has 0 amide bonds. The highest BCUT2D eigenvalue weighted by Crippen LogP contribution is 2.25. The molecule has 4 heteroatoms. The zero-order chi connectivity index (χ0) is 14.4. The van der Waals surface area contributed by atoms with Gasteiger partial charge in [-0.1, -0.05) is 48.9 Å². The molecule has 0 saturated heterocycles. The minimum absolute atomic E-state index is 0.211. The molecule has 0 radical (unpaired) electrons. The zero-order valence-corrected chi connectivity index (χ0v) is 12.0. The molecule has 0 spiro atoms. The highest BCUT2D eigenvalue weighted by molar-refractivity contribution is 6.32. The van der Waals surface area contributed by atoms with E-state index in [-0.39, 0.29) is 11.9 Å². The molecule has 0 heterocycles. The van der Waals surface area contributed by atoms with Crippen LogP contribution in [0.1, 0.15) is 18.5 Å². The Balaban J connectivity index is 2.11. The van der Waals surface area contributed by atoms with Gasteiger partial charge in [-0.05, 0) is 24.7 Å². The Labute approximate surface area is 123 Å². The summed E-state index contributed by atoms with van der Waals surface area (Å²) in [6.45, 7) is 3.02. The van der Waals surface area contributed by atoms with Crippen molar-refractivity contribution in [2.24, 2.45) is 0 Å². The van der Waals surface area contributed by atoms with Crippen LogP contribution in [0.5, 0.6) is 5.75 Å². The largest absolute Gasteiger partial charge is 0.490 e. The number of hydrogen-bond acceptors (Lipinski definition) is 2. The summed E-state index contributed by atoms with van der Waals surface area (Å²) in [5, 5.41) is 3.77. The van der Waals surface area contributed by atoms with Crippen LogP contribution >= 0.6 is 11.6 Å². The molecule has 2 rings (SSSR count). The molecule has 0 saturated carbocycles. The van der Waals surface area contributed by atoms with Crippen LogP contribution in [0.4, 0.5) is 4.39 Å². The van der Waals surface area contributed by atoms with Crippen molar-refractivity contribution in [2.75, 3.05) is 13.2 Å². The van der Waals surface area contributed by atoms with Gasteiger partial charge in [0.05, 0.1) is 11.1 Å². The van der Waals surface area contributed by atoms with Gasteiger partial charge in [-0.25, -0.2) is 4.39 Å². The van der Waals surface area contributed by atoms with Crippen LogP contribution < -0.4 is 10.1 Å². The van der Waals surface area contributed by atoms with Crippen molar-refractivity contribution in [1.29, 1.82) is 0 Å². The second-order valence-electron chi connectivity index (χ2n) is 4.37. The van der Waals surface area contributed by atoms with Gasteiger partial charge in [0.2, 0.25) is 0 Å². The van der Waals surface area contributed by atoms with Crippen molar-refractivity contribution in [2.45, 2.75) is 13.0 Å². The van der Waals surface area contributed by atoms with Crippen LogP contribution in [0.15, 0.2) is 48.5 Å². The fourth-order valence-corrected chi connectivity index (χ4v) is 2.19. The highest BCUT2D eigenvalue weighted by atomic mass is 35.5. The lowest BCUT2D eigenvalue weighted by molar-refractivity contribution is 0.265. The van der Waals surface area contributed by atoms with Crippen LogP contribution in [0.3, 0.4) is 0 Å². The first kappa shape index (κ1) is 14.8. The molecule has 20 heavy (non-hydrogen) atoms. The van der Waals surface area contributed by atoms with Gasteiger partial charge < -0.3 is 10.1 Å². The number of benzene rings is 2. The monoisotopic (exact) mass is 293 g/mol. The molecule has 0 fully saturated rings. The Morgan fingerprint density at radius 2 is 1.85 bits per heavy atom. The molecular weight excluding hydrogens is 277 g/mol. The van der Waals surface area contributed by atoms with Crippen LogP contribution in [0.25, 0.3) is 0 Å². The number of likely N-dealkylation sites (N-methyl/N-ethyl adjacent to an activating group) is 1. The second-order valence-corrected chi connectivity index (χ2v) is 4.78. The third-order valence-corrected chi connectivity index (χ3v) is 3.29. The number of halogens is 2. The fraction of sp³-hybridized carbons (Fsp3) is 0.250. The molecule has 1 N–H and O–H groups in total. The third-order valence-electron chi connectivity index (χ3n) is 2.97. The van der Waals surface area contributed by atoms with Gasteiger partial charge in [-0.3, -0.25) is 0 Å². The van der Waals surface area contributed by atoms with E-state index >= 15 is 0 Å². The smallest absolute Gasteiger partial charge is 0.137 e. The van der Waals surface area contributed by atoms with Crippen molar-refractivity contribution in [1.82, 2.24) is 5.32 Å². The summed E-state index contributed by atoms with van der Waals surface area (Å²) in [7, 11) is 0. The van der Waals surface area contributed by atoms with Crippen LogP contribution in [-0.2, 0) is 0 Å². The molecule has 0 bridgehead atoms. The molecular formula is C16H17ClFNO. The maximum atomic E-state index is 13.8. The Kier molecular flexibility index (Phi) is 5.39. The van der Waals surface area contributed by atoms with Gasteiger partial charge >= 0.3 is 0 Å². The standard InChI is InChI=1S/C16H17ClFNO/c1-2-19-15(12-7-3-5-9-14(12)18)11-20-16-10-6-4-8-13(16)17/h3-10,15,19H,2,11H2,1H3. The summed E-state index contributed by atoms with van der Waals surface area (Å²) in [6.07, 6.45) is 0. The van der Waals surface area contributed by atoms with Gasteiger partial charge in [0.1, 0.15) is 18.2 Å². The number of nitrogens with one attached hydrogen (secondary N) is 1. The Hall–Kier alpha value is -1.58. The lowest BCUT2D eigenvalue weighted by Gasteiger charge is -2.20. The van der Waals surface area contributed by atoms with Crippen molar-refractivity contribution in [3.05, 3.63) is 64.9 Å². The number of para-hydroxylation sites is 1. The average Bonchev–Trinajstić information content (AvgIpc) is 2.46. The summed E-state index contributed by atoms with van der Waals surface area (Å²) in [4.78, 5) is 0. The van der Waals surface area contributed by atoms with Gasteiger partial charge in [-0.2, -0.15) is 0 Å². The Morgan fingerprint density at radius 3 is 2.55 bits per heavy atom. The molecule has 0 aliphatic rings. The predicted octanol–water partition coefficient (Wildman–Crippen LogP) is 4.21. The van der Waals surface area contributed by atoms with E-state index in [9.17, 15) is 4.39 Å². The average molecular weight is 294 g/mol. The fourth-order valence-electron chi connectivity index (χ4n) is 2.00. The molecule has 2 nitrogen and oxygen atoms in total. The van der Waals surface area contributed by atoms with E-state index in [2.05, 4.69) is 5.32 Å². The van der Waals surface area contributed by atoms with E-state index in [1.165, 1.54) is 6.07 Å². The summed E-state index contributed by atoms with van der Waals surface area (Å²) in [5.41, 5.74) is 0.599. The van der Waals surface area contributed by atoms with Gasteiger partial charge in [-0.15, -0.1) is 0 Å². The first-order valence-electron chi connectivity index (χ1n) is 6.57. The molecule has 106 valence electrons. The lowest BCUT2D eigenvalue weighted by atomic mass is 10.1. The topological polar surface area (TPSA) is 21.3 Å². The first-order chi connectivity index (χ1) is 9.72. The van der Waals surface area contributed by atoms with E-state index in [1.54, 1.807) is 24.3 Å². The van der Waals surface area contributed by atoms with Gasteiger partial charge in [0, 0.05) is 5.56 Å². The third kappa shape index (κ3) is 3.71. The summed E-state index contributed by atoms with van der Waals surface area (Å²) in [6, 6.07) is 13.8. The van der Waals surface area contributed by atoms with Gasteiger partial charge in [0.25, 0.3) is 0 Å². The van der Waals surface area contributed by atoms with Crippen molar-refractivity contribution < 1.29 is 9.13 Å². The van der Waals surface area contributed by atoms with Crippen molar-refractivity contribution in [3.8, 4) is 5.75 Å². The maximum Gasteiger partial charge on any atom is 0.137 e. The molecule has 1 unspecified atom stereocenters. The lowest BCUT2D eigenvalue weighted by Crippen LogP contribution is -2.27. The molecule has 2 aromatic rings. The van der Waals surface area contributed by atoms with E-state index in [1.807, 2.05) is 25.1 Å². The van der Waals surface area contributed by atoms with Crippen LogP contribution in [0, 0.1) is 5.82 Å².